The Labute approximate surface area is 123 Å². The topological polar surface area (TPSA) is 29.1 Å². The first kappa shape index (κ1) is 14.3. The van der Waals surface area contributed by atoms with Gasteiger partial charge in [0.05, 0.1) is 0 Å². The summed E-state index contributed by atoms with van der Waals surface area (Å²) in [6.45, 7) is 2.07. The molecule has 1 aliphatic rings. The lowest BCUT2D eigenvalue weighted by molar-refractivity contribution is -0.125. The standard InChI is InChI=1S/C16H20BrNO/c1-12(11-13-7-9-15(17)10-8-13)18-16(19)14-5-3-2-4-6-14/h2-3,7-10,12,14H,4-6,11H2,1H3,(H,18,19). The van der Waals surface area contributed by atoms with E-state index in [1.807, 2.05) is 12.1 Å². The Morgan fingerprint density at radius 3 is 2.74 bits per heavy atom. The highest BCUT2D eigenvalue weighted by Gasteiger charge is 2.19. The Bertz CT molecular complexity index is 452. The van der Waals surface area contributed by atoms with Crippen molar-refractivity contribution in [2.75, 3.05) is 0 Å². The molecule has 0 radical (unpaired) electrons. The number of carbonyl (C=O) groups excluding carboxylic acids is 1. The summed E-state index contributed by atoms with van der Waals surface area (Å²) in [6, 6.07) is 8.44. The largest absolute Gasteiger partial charge is 0.353 e. The van der Waals surface area contributed by atoms with E-state index in [0.29, 0.717) is 0 Å². The molecular weight excluding hydrogens is 302 g/mol. The van der Waals surface area contributed by atoms with Gasteiger partial charge in [0.15, 0.2) is 0 Å². The molecule has 0 aliphatic heterocycles. The van der Waals surface area contributed by atoms with Crippen molar-refractivity contribution >= 4 is 21.8 Å². The number of hydrogen-bond acceptors (Lipinski definition) is 1. The summed E-state index contributed by atoms with van der Waals surface area (Å²) in [6.07, 6.45) is 8.05. The van der Waals surface area contributed by atoms with Crippen molar-refractivity contribution < 1.29 is 4.79 Å². The lowest BCUT2D eigenvalue weighted by Gasteiger charge is -2.21. The van der Waals surface area contributed by atoms with Crippen LogP contribution in [-0.4, -0.2) is 11.9 Å². The molecule has 0 saturated carbocycles. The number of amides is 1. The third-order valence-electron chi connectivity index (χ3n) is 3.48. The molecule has 2 nitrogen and oxygen atoms in total. The van der Waals surface area contributed by atoms with Gasteiger partial charge in [-0.3, -0.25) is 4.79 Å². The first-order valence-corrected chi connectivity index (χ1v) is 7.64. The molecular formula is C16H20BrNO. The summed E-state index contributed by atoms with van der Waals surface area (Å²) >= 11 is 3.43. The molecule has 1 amide bonds. The van der Waals surface area contributed by atoms with Crippen molar-refractivity contribution in [2.24, 2.45) is 5.92 Å². The SMILES string of the molecule is CC(Cc1ccc(Br)cc1)NC(=O)C1CC=CCC1. The van der Waals surface area contributed by atoms with E-state index in [-0.39, 0.29) is 17.9 Å². The van der Waals surface area contributed by atoms with Crippen LogP contribution in [0.4, 0.5) is 0 Å². The Balaban J connectivity index is 1.83. The second kappa shape index (κ2) is 6.90. The second-order valence-electron chi connectivity index (χ2n) is 5.22. The van der Waals surface area contributed by atoms with Crippen LogP contribution in [0.2, 0.25) is 0 Å². The van der Waals surface area contributed by atoms with Crippen LogP contribution < -0.4 is 5.32 Å². The Morgan fingerprint density at radius 2 is 2.11 bits per heavy atom. The van der Waals surface area contributed by atoms with Crippen LogP contribution in [-0.2, 0) is 11.2 Å². The van der Waals surface area contributed by atoms with Gasteiger partial charge >= 0.3 is 0 Å². The molecule has 0 saturated heterocycles. The molecule has 19 heavy (non-hydrogen) atoms. The highest BCUT2D eigenvalue weighted by molar-refractivity contribution is 9.10. The van der Waals surface area contributed by atoms with Gasteiger partial charge in [-0.25, -0.2) is 0 Å². The minimum Gasteiger partial charge on any atom is -0.353 e. The molecule has 102 valence electrons. The van der Waals surface area contributed by atoms with Crippen LogP contribution in [0.1, 0.15) is 31.7 Å². The van der Waals surface area contributed by atoms with E-state index in [1.54, 1.807) is 0 Å². The first-order valence-electron chi connectivity index (χ1n) is 6.85. The van der Waals surface area contributed by atoms with Crippen LogP contribution >= 0.6 is 15.9 Å². The lowest BCUT2D eigenvalue weighted by Crippen LogP contribution is -2.38. The molecule has 1 aromatic carbocycles. The van der Waals surface area contributed by atoms with E-state index in [4.69, 9.17) is 0 Å². The Hall–Kier alpha value is -1.09. The maximum absolute atomic E-state index is 12.1. The monoisotopic (exact) mass is 321 g/mol. The number of hydrogen-bond donors (Lipinski definition) is 1. The second-order valence-corrected chi connectivity index (χ2v) is 6.14. The summed E-state index contributed by atoms with van der Waals surface area (Å²) in [5.41, 5.74) is 1.25. The molecule has 1 aromatic rings. The summed E-state index contributed by atoms with van der Waals surface area (Å²) in [7, 11) is 0. The number of rotatable bonds is 4. The van der Waals surface area contributed by atoms with Crippen molar-refractivity contribution in [1.82, 2.24) is 5.32 Å². The first-order chi connectivity index (χ1) is 9.15. The highest BCUT2D eigenvalue weighted by atomic mass is 79.9. The molecule has 1 N–H and O–H groups in total. The van der Waals surface area contributed by atoms with Crippen molar-refractivity contribution in [3.05, 3.63) is 46.5 Å². The number of benzene rings is 1. The maximum atomic E-state index is 12.1. The van der Waals surface area contributed by atoms with E-state index < -0.39 is 0 Å². The van der Waals surface area contributed by atoms with E-state index in [0.717, 1.165) is 30.2 Å². The van der Waals surface area contributed by atoms with Gasteiger partial charge in [0.1, 0.15) is 0 Å². The average molecular weight is 322 g/mol. The van der Waals surface area contributed by atoms with Crippen LogP contribution in [0, 0.1) is 5.92 Å². The minimum absolute atomic E-state index is 0.164. The summed E-state index contributed by atoms with van der Waals surface area (Å²) in [5, 5.41) is 3.13. The van der Waals surface area contributed by atoms with Crippen LogP contribution in [0.25, 0.3) is 0 Å². The quantitative estimate of drug-likeness (QED) is 0.838. The fourth-order valence-electron chi connectivity index (χ4n) is 2.42. The fourth-order valence-corrected chi connectivity index (χ4v) is 2.68. The Kier molecular flexibility index (Phi) is 5.20. The van der Waals surface area contributed by atoms with Gasteiger partial charge in [0, 0.05) is 16.4 Å². The predicted octanol–water partition coefficient (Wildman–Crippen LogP) is 3.85. The van der Waals surface area contributed by atoms with Gasteiger partial charge in [-0.15, -0.1) is 0 Å². The summed E-state index contributed by atoms with van der Waals surface area (Å²) in [5.74, 6) is 0.367. The van der Waals surface area contributed by atoms with E-state index >= 15 is 0 Å². The van der Waals surface area contributed by atoms with Gasteiger partial charge < -0.3 is 5.32 Å². The fraction of sp³-hybridized carbons (Fsp3) is 0.438. The number of allylic oxidation sites excluding steroid dienone is 2. The van der Waals surface area contributed by atoms with E-state index in [2.05, 4.69) is 52.5 Å². The zero-order chi connectivity index (χ0) is 13.7. The molecule has 2 unspecified atom stereocenters. The minimum atomic E-state index is 0.164. The maximum Gasteiger partial charge on any atom is 0.223 e. The molecule has 2 atom stereocenters. The number of nitrogens with one attached hydrogen (secondary N) is 1. The zero-order valence-corrected chi connectivity index (χ0v) is 12.8. The number of halogens is 1. The van der Waals surface area contributed by atoms with Crippen molar-refractivity contribution in [3.8, 4) is 0 Å². The van der Waals surface area contributed by atoms with Gasteiger partial charge in [0.2, 0.25) is 5.91 Å². The Morgan fingerprint density at radius 1 is 1.37 bits per heavy atom. The molecule has 1 aliphatic carbocycles. The molecule has 0 bridgehead atoms. The van der Waals surface area contributed by atoms with Crippen LogP contribution in [0.3, 0.4) is 0 Å². The third kappa shape index (κ3) is 4.50. The molecule has 0 heterocycles. The van der Waals surface area contributed by atoms with Gasteiger partial charge in [0.25, 0.3) is 0 Å². The average Bonchev–Trinajstić information content (AvgIpc) is 2.42. The van der Waals surface area contributed by atoms with Crippen molar-refractivity contribution in [3.63, 3.8) is 0 Å². The molecule has 0 fully saturated rings. The molecule has 0 spiro atoms. The van der Waals surface area contributed by atoms with Crippen LogP contribution in [0.15, 0.2) is 40.9 Å². The smallest absolute Gasteiger partial charge is 0.223 e. The zero-order valence-electron chi connectivity index (χ0n) is 11.2. The molecule has 0 aromatic heterocycles. The molecule has 2 rings (SSSR count). The normalized spacial score (nSPS) is 20.0. The molecule has 3 heteroatoms. The highest BCUT2D eigenvalue weighted by Crippen LogP contribution is 2.18. The predicted molar refractivity (Wildman–Crippen MR) is 81.9 cm³/mol. The van der Waals surface area contributed by atoms with Crippen LogP contribution in [0.5, 0.6) is 0 Å². The summed E-state index contributed by atoms with van der Waals surface area (Å²) < 4.78 is 1.09. The van der Waals surface area contributed by atoms with Gasteiger partial charge in [-0.2, -0.15) is 0 Å². The summed E-state index contributed by atoms with van der Waals surface area (Å²) in [4.78, 5) is 12.1. The van der Waals surface area contributed by atoms with E-state index in [1.165, 1.54) is 5.56 Å². The van der Waals surface area contributed by atoms with Gasteiger partial charge in [-0.1, -0.05) is 40.2 Å². The van der Waals surface area contributed by atoms with E-state index in [9.17, 15) is 4.79 Å². The lowest BCUT2D eigenvalue weighted by atomic mass is 9.93. The number of carbonyl (C=O) groups is 1. The van der Waals surface area contributed by atoms with Gasteiger partial charge in [-0.05, 0) is 50.3 Å². The van der Waals surface area contributed by atoms with Crippen molar-refractivity contribution in [2.45, 2.75) is 38.6 Å². The van der Waals surface area contributed by atoms with Crippen molar-refractivity contribution in [1.29, 1.82) is 0 Å². The third-order valence-corrected chi connectivity index (χ3v) is 4.01.